The van der Waals surface area contributed by atoms with Crippen LogP contribution in [0, 0.1) is 10.1 Å². The Morgan fingerprint density at radius 3 is 2.56 bits per heavy atom. The van der Waals surface area contributed by atoms with Crippen molar-refractivity contribution >= 4 is 11.8 Å². The van der Waals surface area contributed by atoms with E-state index in [1.807, 2.05) is 0 Å². The van der Waals surface area contributed by atoms with Crippen LogP contribution in [0.15, 0.2) is 18.2 Å². The molecule has 2 aliphatic rings. The molecule has 3 atom stereocenters. The van der Waals surface area contributed by atoms with Crippen LogP contribution in [0.25, 0.3) is 0 Å². The van der Waals surface area contributed by atoms with Gasteiger partial charge in [-0.3, -0.25) is 10.1 Å². The number of hydrogen-bond acceptors (Lipinski definition) is 5. The molecule has 0 radical (unpaired) electrons. The highest BCUT2D eigenvalue weighted by Gasteiger charge is 2.41. The summed E-state index contributed by atoms with van der Waals surface area (Å²) in [4.78, 5) is 26.4. The number of nitro groups is 1. The second kappa shape index (κ2) is 6.87. The maximum Gasteiger partial charge on any atom is 0.407 e. The Morgan fingerprint density at radius 1 is 1.40 bits per heavy atom. The Balaban J connectivity index is 1.86. The van der Waals surface area contributed by atoms with Crippen LogP contribution >= 0.6 is 0 Å². The van der Waals surface area contributed by atoms with E-state index in [1.165, 1.54) is 24.1 Å². The molecular formula is C17H23N3O5. The number of nitrogens with zero attached hydrogens (tertiary/aromatic N) is 3. The predicted octanol–water partition coefficient (Wildman–Crippen LogP) is 2.71. The second-order valence-electron chi connectivity index (χ2n) is 6.84. The Kier molecular flexibility index (Phi) is 4.80. The summed E-state index contributed by atoms with van der Waals surface area (Å²) in [5.41, 5.74) is 0.279. The molecule has 2 saturated heterocycles. The van der Waals surface area contributed by atoms with Crippen LogP contribution < -0.4 is 4.74 Å². The summed E-state index contributed by atoms with van der Waals surface area (Å²) in [6.45, 7) is -0.00331. The van der Waals surface area contributed by atoms with Gasteiger partial charge in [0.25, 0.3) is 5.69 Å². The van der Waals surface area contributed by atoms with Crippen LogP contribution in [0.2, 0.25) is 0 Å². The quantitative estimate of drug-likeness (QED) is 0.648. The van der Waals surface area contributed by atoms with Crippen molar-refractivity contribution in [3.63, 3.8) is 0 Å². The lowest BCUT2D eigenvalue weighted by Gasteiger charge is -2.40. The first-order valence-corrected chi connectivity index (χ1v) is 8.43. The Hall–Kier alpha value is -2.35. The lowest BCUT2D eigenvalue weighted by Crippen LogP contribution is -2.50. The predicted molar refractivity (Wildman–Crippen MR) is 90.8 cm³/mol. The van der Waals surface area contributed by atoms with Gasteiger partial charge in [-0.1, -0.05) is 0 Å². The first-order chi connectivity index (χ1) is 11.9. The number of carboxylic acid groups (broad SMARTS) is 1. The van der Waals surface area contributed by atoms with E-state index in [0.717, 1.165) is 25.7 Å². The number of nitro benzene ring substituents is 1. The van der Waals surface area contributed by atoms with Crippen LogP contribution in [0.3, 0.4) is 0 Å². The van der Waals surface area contributed by atoms with Gasteiger partial charge in [-0.05, 0) is 44.9 Å². The SMILES string of the molecule is COc1ccc([N+](=O)[O-])c(CN(C(=O)O)[C@H]2C[C@H]3CC[C@@H](C2)N3C)c1. The van der Waals surface area contributed by atoms with E-state index in [-0.39, 0.29) is 18.3 Å². The Morgan fingerprint density at radius 2 is 2.04 bits per heavy atom. The summed E-state index contributed by atoms with van der Waals surface area (Å²) in [6, 6.07) is 5.11. The number of carbonyl (C=O) groups is 1. The molecule has 3 rings (SSSR count). The average molecular weight is 349 g/mol. The standard InChI is InChI=1S/C17H23N3O5/c1-18-12-3-4-13(18)9-14(8-12)19(17(21)22)10-11-7-15(25-2)5-6-16(11)20(23)24/h5-7,12-14H,3-4,8-10H2,1-2H3,(H,21,22)/t12-,13+,14+. The molecule has 1 amide bonds. The Labute approximate surface area is 146 Å². The molecule has 2 bridgehead atoms. The molecule has 0 aromatic heterocycles. The number of methoxy groups -OCH3 is 1. The molecule has 2 fully saturated rings. The van der Waals surface area contributed by atoms with Crippen LogP contribution in [0.1, 0.15) is 31.2 Å². The fourth-order valence-corrected chi connectivity index (χ4v) is 4.17. The van der Waals surface area contributed by atoms with Gasteiger partial charge in [0.2, 0.25) is 0 Å². The summed E-state index contributed by atoms with van der Waals surface area (Å²) in [5, 5.41) is 21.0. The highest BCUT2D eigenvalue weighted by atomic mass is 16.6. The van der Waals surface area contributed by atoms with Gasteiger partial charge < -0.3 is 19.6 Å². The van der Waals surface area contributed by atoms with E-state index >= 15 is 0 Å². The zero-order chi connectivity index (χ0) is 18.1. The number of fused-ring (bicyclic) bond motifs is 2. The van der Waals surface area contributed by atoms with Crippen LogP contribution in [0.4, 0.5) is 10.5 Å². The first kappa shape index (κ1) is 17.5. The van der Waals surface area contributed by atoms with E-state index in [0.29, 0.717) is 23.4 Å². The molecule has 0 aliphatic carbocycles. The minimum atomic E-state index is -1.04. The normalized spacial score (nSPS) is 25.6. The van der Waals surface area contributed by atoms with E-state index in [1.54, 1.807) is 6.07 Å². The zero-order valence-corrected chi connectivity index (χ0v) is 14.4. The van der Waals surface area contributed by atoms with Crippen molar-refractivity contribution in [1.29, 1.82) is 0 Å². The fourth-order valence-electron chi connectivity index (χ4n) is 4.17. The monoisotopic (exact) mass is 349 g/mol. The molecule has 0 unspecified atom stereocenters. The maximum absolute atomic E-state index is 11.9. The van der Waals surface area contributed by atoms with Crippen LogP contribution in [-0.2, 0) is 6.54 Å². The highest BCUT2D eigenvalue weighted by molar-refractivity contribution is 5.66. The van der Waals surface area contributed by atoms with E-state index in [2.05, 4.69) is 11.9 Å². The molecule has 1 N–H and O–H groups in total. The van der Waals surface area contributed by atoms with Crippen molar-refractivity contribution in [3.05, 3.63) is 33.9 Å². The van der Waals surface area contributed by atoms with Gasteiger partial charge in [-0.25, -0.2) is 4.79 Å². The first-order valence-electron chi connectivity index (χ1n) is 8.43. The van der Waals surface area contributed by atoms with Gasteiger partial charge in [0.05, 0.1) is 24.1 Å². The molecule has 2 aliphatic heterocycles. The van der Waals surface area contributed by atoms with Gasteiger partial charge >= 0.3 is 6.09 Å². The molecule has 8 heteroatoms. The molecule has 1 aromatic rings. The summed E-state index contributed by atoms with van der Waals surface area (Å²) in [6.07, 6.45) is 2.69. The summed E-state index contributed by atoms with van der Waals surface area (Å²) < 4.78 is 5.14. The number of benzene rings is 1. The van der Waals surface area contributed by atoms with E-state index in [9.17, 15) is 20.0 Å². The molecule has 0 saturated carbocycles. The molecular weight excluding hydrogens is 326 g/mol. The average Bonchev–Trinajstić information content (AvgIpc) is 2.80. The lowest BCUT2D eigenvalue weighted by molar-refractivity contribution is -0.385. The molecule has 0 spiro atoms. The third-order valence-corrected chi connectivity index (χ3v) is 5.58. The topological polar surface area (TPSA) is 96.2 Å². The van der Waals surface area contributed by atoms with Gasteiger partial charge in [0.1, 0.15) is 5.75 Å². The third kappa shape index (κ3) is 3.39. The fraction of sp³-hybridized carbons (Fsp3) is 0.588. The van der Waals surface area contributed by atoms with Crippen LogP contribution in [-0.4, -0.2) is 58.2 Å². The summed E-state index contributed by atoms with van der Waals surface area (Å²) in [7, 11) is 3.57. The molecule has 8 nitrogen and oxygen atoms in total. The van der Waals surface area contributed by atoms with E-state index in [4.69, 9.17) is 4.74 Å². The number of rotatable bonds is 5. The van der Waals surface area contributed by atoms with Gasteiger partial charge in [0, 0.05) is 24.2 Å². The maximum atomic E-state index is 11.9. The molecule has 1 aromatic carbocycles. The third-order valence-electron chi connectivity index (χ3n) is 5.58. The van der Waals surface area contributed by atoms with Gasteiger partial charge in [0.15, 0.2) is 0 Å². The number of piperidine rings is 1. The smallest absolute Gasteiger partial charge is 0.407 e. The second-order valence-corrected chi connectivity index (χ2v) is 6.84. The lowest BCUT2D eigenvalue weighted by atomic mass is 9.96. The van der Waals surface area contributed by atoms with Crippen molar-refractivity contribution in [2.45, 2.75) is 50.4 Å². The molecule has 25 heavy (non-hydrogen) atoms. The largest absolute Gasteiger partial charge is 0.497 e. The summed E-state index contributed by atoms with van der Waals surface area (Å²) >= 11 is 0. The minimum Gasteiger partial charge on any atom is -0.497 e. The number of ether oxygens (including phenoxy) is 1. The van der Waals surface area contributed by atoms with Crippen molar-refractivity contribution in [2.75, 3.05) is 14.2 Å². The molecule has 136 valence electrons. The summed E-state index contributed by atoms with van der Waals surface area (Å²) in [5.74, 6) is 0.481. The van der Waals surface area contributed by atoms with Gasteiger partial charge in [-0.2, -0.15) is 0 Å². The number of amides is 1. The van der Waals surface area contributed by atoms with Crippen molar-refractivity contribution < 1.29 is 19.6 Å². The minimum absolute atomic E-state index is 0.00331. The zero-order valence-electron chi connectivity index (χ0n) is 14.4. The number of hydrogen-bond donors (Lipinski definition) is 1. The highest BCUT2D eigenvalue weighted by Crippen LogP contribution is 2.37. The Bertz CT molecular complexity index is 666. The van der Waals surface area contributed by atoms with Crippen LogP contribution in [0.5, 0.6) is 5.75 Å². The van der Waals surface area contributed by atoms with Crippen molar-refractivity contribution in [2.24, 2.45) is 0 Å². The van der Waals surface area contributed by atoms with Crippen molar-refractivity contribution in [3.8, 4) is 5.75 Å². The van der Waals surface area contributed by atoms with Gasteiger partial charge in [-0.15, -0.1) is 0 Å². The molecule has 2 heterocycles. The van der Waals surface area contributed by atoms with E-state index < -0.39 is 11.0 Å². The van der Waals surface area contributed by atoms with Crippen molar-refractivity contribution in [1.82, 2.24) is 9.80 Å².